The van der Waals surface area contributed by atoms with E-state index in [4.69, 9.17) is 26.9 Å². The Balaban J connectivity index is 1.78. The second kappa shape index (κ2) is 11.1. The summed E-state index contributed by atoms with van der Waals surface area (Å²) >= 11 is 5.92. The predicted molar refractivity (Wildman–Crippen MR) is 131 cm³/mol. The molecule has 1 aliphatic rings. The standard InChI is InChI=1S/C24H22ClFN6O3/c25-18-8-15(3-4-19(18)26)31-24-14(11-27)12-29-20-10-22(35-16-5-7-34-13-16)21(9-17(20)24)32-23(33)2-1-6-30-28/h1-4,8-10,12,16,30H,5-7,13,28H2,(H,29,31)(H,32,33)/b2-1-. The molecule has 35 heavy (non-hydrogen) atoms. The summed E-state index contributed by atoms with van der Waals surface area (Å²) in [7, 11) is 0. The van der Waals surface area contributed by atoms with E-state index < -0.39 is 11.7 Å². The SMILES string of the molecule is N#Cc1cnc2cc(OC3CCOC3)c(NC(=O)/C=C\CNN)cc2c1Nc1ccc(F)c(Cl)c1. The average Bonchev–Trinajstić information content (AvgIpc) is 3.35. The Hall–Kier alpha value is -3.75. The van der Waals surface area contributed by atoms with Gasteiger partial charge in [0.2, 0.25) is 5.91 Å². The first kappa shape index (κ1) is 24.4. The fourth-order valence-electron chi connectivity index (χ4n) is 3.55. The van der Waals surface area contributed by atoms with Crippen LogP contribution >= 0.6 is 11.6 Å². The van der Waals surface area contributed by atoms with Crippen LogP contribution in [0.5, 0.6) is 5.75 Å². The molecule has 2 aromatic carbocycles. The van der Waals surface area contributed by atoms with Crippen LogP contribution in [0.1, 0.15) is 12.0 Å². The maximum atomic E-state index is 13.6. The number of nitrogens with two attached hydrogens (primary N) is 1. The fourth-order valence-corrected chi connectivity index (χ4v) is 3.73. The van der Waals surface area contributed by atoms with E-state index in [0.717, 1.165) is 0 Å². The van der Waals surface area contributed by atoms with Crippen LogP contribution in [-0.4, -0.2) is 36.8 Å². The Morgan fingerprint density at radius 1 is 1.40 bits per heavy atom. The van der Waals surface area contributed by atoms with E-state index in [0.29, 0.717) is 59.9 Å². The van der Waals surface area contributed by atoms with E-state index in [9.17, 15) is 14.4 Å². The van der Waals surface area contributed by atoms with Gasteiger partial charge in [-0.15, -0.1) is 0 Å². The Bertz CT molecular complexity index is 1320. The molecule has 180 valence electrons. The molecule has 0 saturated carbocycles. The van der Waals surface area contributed by atoms with Gasteiger partial charge in [-0.25, -0.2) is 4.39 Å². The number of hydrogen-bond acceptors (Lipinski definition) is 8. The number of anilines is 3. The van der Waals surface area contributed by atoms with E-state index in [1.807, 2.05) is 0 Å². The van der Waals surface area contributed by atoms with Crippen molar-refractivity contribution in [3.05, 3.63) is 65.1 Å². The van der Waals surface area contributed by atoms with Gasteiger partial charge >= 0.3 is 0 Å². The highest BCUT2D eigenvalue weighted by molar-refractivity contribution is 6.31. The zero-order chi connectivity index (χ0) is 24.8. The normalized spacial score (nSPS) is 15.3. The number of halogens is 2. The van der Waals surface area contributed by atoms with E-state index in [2.05, 4.69) is 27.1 Å². The monoisotopic (exact) mass is 496 g/mol. The molecule has 11 heteroatoms. The van der Waals surface area contributed by atoms with Crippen molar-refractivity contribution in [3.8, 4) is 11.8 Å². The van der Waals surface area contributed by atoms with Crippen molar-refractivity contribution >= 4 is 45.5 Å². The second-order valence-electron chi connectivity index (χ2n) is 7.68. The van der Waals surface area contributed by atoms with Gasteiger partial charge in [-0.05, 0) is 24.3 Å². The van der Waals surface area contributed by atoms with Crippen LogP contribution < -0.4 is 26.6 Å². The van der Waals surface area contributed by atoms with Crippen molar-refractivity contribution in [2.45, 2.75) is 12.5 Å². The van der Waals surface area contributed by atoms with Crippen molar-refractivity contribution in [1.29, 1.82) is 5.26 Å². The molecule has 0 bridgehead atoms. The van der Waals surface area contributed by atoms with Gasteiger partial charge in [-0.1, -0.05) is 17.7 Å². The van der Waals surface area contributed by atoms with Crippen molar-refractivity contribution in [2.24, 2.45) is 5.84 Å². The number of hydrazine groups is 1. The highest BCUT2D eigenvalue weighted by Gasteiger charge is 2.21. The quantitative estimate of drug-likeness (QED) is 0.210. The molecule has 1 aliphatic heterocycles. The number of amides is 1. The zero-order valence-corrected chi connectivity index (χ0v) is 19.2. The number of fused-ring (bicyclic) bond motifs is 1. The molecule has 9 nitrogen and oxygen atoms in total. The molecule has 4 rings (SSSR count). The van der Waals surface area contributed by atoms with E-state index >= 15 is 0 Å². The average molecular weight is 497 g/mol. The summed E-state index contributed by atoms with van der Waals surface area (Å²) in [5.41, 5.74) is 4.50. The molecule has 0 radical (unpaired) electrons. The van der Waals surface area contributed by atoms with Crippen molar-refractivity contribution in [3.63, 3.8) is 0 Å². The molecular formula is C24H22ClFN6O3. The van der Waals surface area contributed by atoms with Gasteiger partial charge in [-0.3, -0.25) is 21.0 Å². The summed E-state index contributed by atoms with van der Waals surface area (Å²) < 4.78 is 25.1. The Morgan fingerprint density at radius 2 is 2.26 bits per heavy atom. The highest BCUT2D eigenvalue weighted by Crippen LogP contribution is 2.37. The number of nitriles is 1. The molecule has 1 saturated heterocycles. The Kier molecular flexibility index (Phi) is 7.74. The first-order chi connectivity index (χ1) is 17.0. The number of aromatic nitrogens is 1. The number of carbonyl (C=O) groups is 1. The molecule has 1 amide bonds. The third-order valence-corrected chi connectivity index (χ3v) is 5.51. The smallest absolute Gasteiger partial charge is 0.248 e. The van der Waals surface area contributed by atoms with E-state index in [-0.39, 0.29) is 16.7 Å². The van der Waals surface area contributed by atoms with E-state index in [1.54, 1.807) is 18.2 Å². The highest BCUT2D eigenvalue weighted by atomic mass is 35.5. The maximum Gasteiger partial charge on any atom is 0.248 e. The van der Waals surface area contributed by atoms with Crippen molar-refractivity contribution in [1.82, 2.24) is 10.4 Å². The Morgan fingerprint density at radius 3 is 2.97 bits per heavy atom. The minimum Gasteiger partial charge on any atom is -0.486 e. The number of nitrogens with zero attached hydrogens (tertiary/aromatic N) is 2. The summed E-state index contributed by atoms with van der Waals surface area (Å²) in [6, 6.07) is 9.62. The molecule has 0 spiro atoms. The topological polar surface area (TPSA) is 134 Å². The number of benzene rings is 2. The number of rotatable bonds is 8. The molecule has 0 aliphatic carbocycles. The van der Waals surface area contributed by atoms with Gasteiger partial charge in [0, 0.05) is 42.4 Å². The van der Waals surface area contributed by atoms with Crippen LogP contribution in [0, 0.1) is 17.1 Å². The minimum atomic E-state index is -0.558. The minimum absolute atomic E-state index is 0.0620. The molecule has 5 N–H and O–H groups in total. The van der Waals surface area contributed by atoms with Gasteiger partial charge in [0.1, 0.15) is 23.7 Å². The number of nitrogens with one attached hydrogen (secondary N) is 3. The first-order valence-electron chi connectivity index (χ1n) is 10.7. The molecule has 3 aromatic rings. The van der Waals surface area contributed by atoms with E-state index in [1.165, 1.54) is 30.5 Å². The lowest BCUT2D eigenvalue weighted by atomic mass is 10.1. The van der Waals surface area contributed by atoms with Crippen LogP contribution in [0.4, 0.5) is 21.5 Å². The van der Waals surface area contributed by atoms with Gasteiger partial charge in [0.05, 0.1) is 40.7 Å². The lowest BCUT2D eigenvalue weighted by molar-refractivity contribution is -0.111. The van der Waals surface area contributed by atoms with Gasteiger partial charge in [0.25, 0.3) is 0 Å². The summed E-state index contributed by atoms with van der Waals surface area (Å²) in [5.74, 6) is 4.70. The van der Waals surface area contributed by atoms with Crippen LogP contribution in [0.25, 0.3) is 10.9 Å². The summed E-state index contributed by atoms with van der Waals surface area (Å²) in [6.07, 6.45) is 4.89. The second-order valence-corrected chi connectivity index (χ2v) is 8.09. The summed E-state index contributed by atoms with van der Waals surface area (Å²) in [6.45, 7) is 1.34. The molecule has 1 aromatic heterocycles. The number of hydrogen-bond donors (Lipinski definition) is 4. The van der Waals surface area contributed by atoms with Gasteiger partial charge in [0.15, 0.2) is 0 Å². The molecular weight excluding hydrogens is 475 g/mol. The van der Waals surface area contributed by atoms with Gasteiger partial charge < -0.3 is 20.1 Å². The number of ether oxygens (including phenoxy) is 2. The first-order valence-corrected chi connectivity index (χ1v) is 11.1. The number of pyridine rings is 1. The molecule has 1 atom stereocenters. The van der Waals surface area contributed by atoms with Crippen molar-refractivity contribution in [2.75, 3.05) is 30.4 Å². The maximum absolute atomic E-state index is 13.6. The molecule has 1 fully saturated rings. The van der Waals surface area contributed by atoms with Crippen LogP contribution in [-0.2, 0) is 9.53 Å². The zero-order valence-electron chi connectivity index (χ0n) is 18.5. The predicted octanol–water partition coefficient (Wildman–Crippen LogP) is 3.77. The summed E-state index contributed by atoms with van der Waals surface area (Å²) in [4.78, 5) is 16.9. The third-order valence-electron chi connectivity index (χ3n) is 5.22. The van der Waals surface area contributed by atoms with Crippen molar-refractivity contribution < 1.29 is 18.7 Å². The van der Waals surface area contributed by atoms with Gasteiger partial charge in [-0.2, -0.15) is 5.26 Å². The fraction of sp³-hybridized carbons (Fsp3) is 0.208. The largest absolute Gasteiger partial charge is 0.486 e. The number of carbonyl (C=O) groups excluding carboxylic acids is 1. The molecule has 1 unspecified atom stereocenters. The van der Waals surface area contributed by atoms with Crippen LogP contribution in [0.15, 0.2) is 48.7 Å². The third kappa shape index (κ3) is 5.85. The lowest BCUT2D eigenvalue weighted by Crippen LogP contribution is -2.22. The Labute approximate surface area is 205 Å². The molecule has 2 heterocycles. The van der Waals surface area contributed by atoms with Crippen LogP contribution in [0.2, 0.25) is 5.02 Å². The summed E-state index contributed by atoms with van der Waals surface area (Å²) in [5, 5.41) is 16.1. The lowest BCUT2D eigenvalue weighted by Gasteiger charge is -2.18. The van der Waals surface area contributed by atoms with Crippen LogP contribution in [0.3, 0.4) is 0 Å².